The Bertz CT molecular complexity index is 1030. The van der Waals surface area contributed by atoms with Crippen LogP contribution in [-0.2, 0) is 13.0 Å². The van der Waals surface area contributed by atoms with Crippen molar-refractivity contribution in [3.8, 4) is 17.1 Å². The minimum atomic E-state index is 0.0690. The second-order valence-corrected chi connectivity index (χ2v) is 7.65. The lowest BCUT2D eigenvalue weighted by molar-refractivity contribution is 0.162. The molecule has 0 radical (unpaired) electrons. The Hall–Kier alpha value is -3.42. The summed E-state index contributed by atoms with van der Waals surface area (Å²) in [6.07, 6.45) is 8.04. The van der Waals surface area contributed by atoms with Crippen LogP contribution in [0, 0.1) is 11.8 Å². The normalized spacial score (nSPS) is 14.5. The lowest BCUT2D eigenvalue weighted by Gasteiger charge is -2.32. The molecular weight excluding hydrogens is 392 g/mol. The number of piperidine rings is 1. The highest BCUT2D eigenvalue weighted by Gasteiger charge is 2.24. The van der Waals surface area contributed by atoms with Crippen molar-refractivity contribution in [1.29, 1.82) is 0 Å². The van der Waals surface area contributed by atoms with E-state index in [4.69, 9.17) is 4.74 Å². The van der Waals surface area contributed by atoms with Gasteiger partial charge in [-0.1, -0.05) is 36.4 Å². The largest absolute Gasteiger partial charge is 0.474 e. The predicted octanol–water partition coefficient (Wildman–Crippen LogP) is 4.12. The number of hydrogen-bond donors (Lipinski definition) is 0. The standard InChI is InChI=1S/C23H26N6O2/c1-3-17-12-24-23(25-13-17)29-10-8-19(9-11-29)31-22-16(2)21(26-15-27-22)20-7-5-4-6-18(20)14-28-30/h4-7,12-13,15,19H,3,8-11,14H2,1-2H3. The lowest BCUT2D eigenvalue weighted by Crippen LogP contribution is -2.39. The fourth-order valence-electron chi connectivity index (χ4n) is 3.81. The van der Waals surface area contributed by atoms with Crippen LogP contribution in [-0.4, -0.2) is 39.1 Å². The molecule has 1 aromatic carbocycles. The van der Waals surface area contributed by atoms with Crippen molar-refractivity contribution in [1.82, 2.24) is 19.9 Å². The molecule has 3 heterocycles. The van der Waals surface area contributed by atoms with E-state index in [9.17, 15) is 4.91 Å². The molecule has 0 bridgehead atoms. The quantitative estimate of drug-likeness (QED) is 0.533. The molecule has 8 heteroatoms. The highest BCUT2D eigenvalue weighted by atomic mass is 16.5. The molecule has 0 atom stereocenters. The van der Waals surface area contributed by atoms with Gasteiger partial charge in [0, 0.05) is 49.5 Å². The van der Waals surface area contributed by atoms with Crippen molar-refractivity contribution in [2.45, 2.75) is 45.8 Å². The van der Waals surface area contributed by atoms with E-state index in [1.54, 1.807) is 0 Å². The Balaban J connectivity index is 1.45. The van der Waals surface area contributed by atoms with E-state index in [1.807, 2.05) is 43.6 Å². The van der Waals surface area contributed by atoms with Crippen LogP contribution in [0.15, 0.2) is 48.2 Å². The number of aromatic nitrogens is 4. The molecular formula is C23H26N6O2. The highest BCUT2D eigenvalue weighted by molar-refractivity contribution is 5.68. The van der Waals surface area contributed by atoms with Crippen LogP contribution in [0.25, 0.3) is 11.3 Å². The number of nitroso groups, excluding NO2 is 1. The Labute approximate surface area is 181 Å². The zero-order chi connectivity index (χ0) is 21.6. The first-order valence-corrected chi connectivity index (χ1v) is 10.6. The molecule has 0 saturated carbocycles. The monoisotopic (exact) mass is 418 g/mol. The summed E-state index contributed by atoms with van der Waals surface area (Å²) in [6.45, 7) is 5.82. The van der Waals surface area contributed by atoms with Crippen LogP contribution in [0.4, 0.5) is 5.95 Å². The molecule has 1 fully saturated rings. The van der Waals surface area contributed by atoms with Gasteiger partial charge in [-0.25, -0.2) is 19.9 Å². The predicted molar refractivity (Wildman–Crippen MR) is 119 cm³/mol. The fourth-order valence-corrected chi connectivity index (χ4v) is 3.81. The minimum absolute atomic E-state index is 0.0690. The van der Waals surface area contributed by atoms with Crippen LogP contribution >= 0.6 is 0 Å². The van der Waals surface area contributed by atoms with E-state index in [2.05, 4.69) is 36.9 Å². The third-order valence-electron chi connectivity index (χ3n) is 5.65. The van der Waals surface area contributed by atoms with E-state index in [-0.39, 0.29) is 12.6 Å². The maximum atomic E-state index is 10.8. The topological polar surface area (TPSA) is 93.5 Å². The number of benzene rings is 1. The summed E-state index contributed by atoms with van der Waals surface area (Å²) in [7, 11) is 0. The Morgan fingerprint density at radius 3 is 2.55 bits per heavy atom. The summed E-state index contributed by atoms with van der Waals surface area (Å²) in [6, 6.07) is 7.66. The summed E-state index contributed by atoms with van der Waals surface area (Å²) >= 11 is 0. The molecule has 3 aromatic rings. The van der Waals surface area contributed by atoms with Gasteiger partial charge in [-0.05, 0) is 24.5 Å². The van der Waals surface area contributed by atoms with E-state index in [0.29, 0.717) is 5.88 Å². The maximum Gasteiger partial charge on any atom is 0.225 e. The molecule has 1 saturated heterocycles. The second-order valence-electron chi connectivity index (χ2n) is 7.65. The molecule has 0 aliphatic carbocycles. The van der Waals surface area contributed by atoms with Gasteiger partial charge in [0.2, 0.25) is 11.8 Å². The Morgan fingerprint density at radius 1 is 1.10 bits per heavy atom. The van der Waals surface area contributed by atoms with Crippen molar-refractivity contribution in [2.24, 2.45) is 5.18 Å². The molecule has 0 N–H and O–H groups in total. The molecule has 4 rings (SSSR count). The summed E-state index contributed by atoms with van der Waals surface area (Å²) in [4.78, 5) is 30.8. The molecule has 0 unspecified atom stereocenters. The Kier molecular flexibility index (Phi) is 6.45. The first kappa shape index (κ1) is 20.8. The number of hydrogen-bond acceptors (Lipinski definition) is 8. The number of anilines is 1. The molecule has 8 nitrogen and oxygen atoms in total. The average molecular weight is 419 g/mol. The van der Waals surface area contributed by atoms with Gasteiger partial charge in [0.05, 0.1) is 5.69 Å². The highest BCUT2D eigenvalue weighted by Crippen LogP contribution is 2.30. The molecule has 160 valence electrons. The first-order chi connectivity index (χ1) is 15.2. The van der Waals surface area contributed by atoms with Crippen molar-refractivity contribution >= 4 is 5.95 Å². The summed E-state index contributed by atoms with van der Waals surface area (Å²) in [5.41, 5.74) is 4.50. The van der Waals surface area contributed by atoms with Crippen LogP contribution in [0.3, 0.4) is 0 Å². The number of aryl methyl sites for hydroxylation is 1. The van der Waals surface area contributed by atoms with Gasteiger partial charge in [-0.3, -0.25) is 0 Å². The van der Waals surface area contributed by atoms with Crippen LogP contribution in [0.2, 0.25) is 0 Å². The van der Waals surface area contributed by atoms with Crippen LogP contribution in [0.5, 0.6) is 5.88 Å². The number of nitrogens with zero attached hydrogens (tertiary/aromatic N) is 6. The zero-order valence-electron chi connectivity index (χ0n) is 17.9. The Morgan fingerprint density at radius 2 is 1.84 bits per heavy atom. The molecule has 1 aliphatic rings. The van der Waals surface area contributed by atoms with Gasteiger partial charge < -0.3 is 9.64 Å². The second kappa shape index (κ2) is 9.59. The smallest absolute Gasteiger partial charge is 0.225 e. The first-order valence-electron chi connectivity index (χ1n) is 10.6. The third kappa shape index (κ3) is 4.68. The van der Waals surface area contributed by atoms with Gasteiger partial charge in [0.25, 0.3) is 0 Å². The van der Waals surface area contributed by atoms with Crippen molar-refractivity contribution in [3.05, 3.63) is 64.6 Å². The number of rotatable bonds is 7. The molecule has 0 amide bonds. The average Bonchev–Trinajstić information content (AvgIpc) is 2.82. The molecule has 1 aliphatic heterocycles. The van der Waals surface area contributed by atoms with E-state index in [1.165, 1.54) is 6.33 Å². The van der Waals surface area contributed by atoms with Gasteiger partial charge in [-0.15, -0.1) is 0 Å². The van der Waals surface area contributed by atoms with Crippen molar-refractivity contribution in [3.63, 3.8) is 0 Å². The van der Waals surface area contributed by atoms with Crippen LogP contribution < -0.4 is 9.64 Å². The summed E-state index contributed by atoms with van der Waals surface area (Å²) in [5, 5.41) is 3.04. The third-order valence-corrected chi connectivity index (χ3v) is 5.65. The van der Waals surface area contributed by atoms with Gasteiger partial charge >= 0.3 is 0 Å². The van der Waals surface area contributed by atoms with Crippen molar-refractivity contribution in [2.75, 3.05) is 18.0 Å². The van der Waals surface area contributed by atoms with E-state index < -0.39 is 0 Å². The molecule has 31 heavy (non-hydrogen) atoms. The van der Waals surface area contributed by atoms with Gasteiger partial charge in [-0.2, -0.15) is 4.91 Å². The molecule has 2 aromatic heterocycles. The SMILES string of the molecule is CCc1cnc(N2CCC(Oc3ncnc(-c4ccccc4CN=O)c3C)CC2)nc1. The van der Waals surface area contributed by atoms with E-state index in [0.717, 1.165) is 66.2 Å². The summed E-state index contributed by atoms with van der Waals surface area (Å²) in [5.74, 6) is 1.36. The minimum Gasteiger partial charge on any atom is -0.474 e. The van der Waals surface area contributed by atoms with Crippen molar-refractivity contribution < 1.29 is 4.74 Å². The fraction of sp³-hybridized carbons (Fsp3) is 0.391. The molecule has 0 spiro atoms. The summed E-state index contributed by atoms with van der Waals surface area (Å²) < 4.78 is 6.27. The van der Waals surface area contributed by atoms with Gasteiger partial charge in [0.1, 0.15) is 19.0 Å². The van der Waals surface area contributed by atoms with Crippen LogP contribution in [0.1, 0.15) is 36.5 Å². The lowest BCUT2D eigenvalue weighted by atomic mass is 10.0. The van der Waals surface area contributed by atoms with E-state index >= 15 is 0 Å². The maximum absolute atomic E-state index is 10.8. The van der Waals surface area contributed by atoms with Gasteiger partial charge in [0.15, 0.2) is 0 Å². The zero-order valence-corrected chi connectivity index (χ0v) is 17.9. The number of ether oxygens (including phenoxy) is 1.